The summed E-state index contributed by atoms with van der Waals surface area (Å²) >= 11 is 0. The van der Waals surface area contributed by atoms with Crippen LogP contribution < -0.4 is 18.9 Å². The van der Waals surface area contributed by atoms with E-state index in [1.165, 1.54) is 12.1 Å². The highest BCUT2D eigenvalue weighted by atomic mass is 32.2. The van der Waals surface area contributed by atoms with Gasteiger partial charge in [0.05, 0.1) is 56.3 Å². The summed E-state index contributed by atoms with van der Waals surface area (Å²) in [6.07, 6.45) is 1.95. The predicted octanol–water partition coefficient (Wildman–Crippen LogP) is 4.60. The fraction of sp³-hybridized carbons (Fsp3) is 0.400. The zero-order valence-corrected chi connectivity index (χ0v) is 24.6. The molecule has 0 amide bonds. The van der Waals surface area contributed by atoms with Crippen LogP contribution in [0.1, 0.15) is 54.4 Å². The van der Waals surface area contributed by atoms with Crippen LogP contribution in [0.4, 0.5) is 0 Å². The number of rotatable bonds is 7. The Hall–Kier alpha value is -3.67. The summed E-state index contributed by atoms with van der Waals surface area (Å²) in [5.74, 6) is 2.43. The molecule has 1 saturated carbocycles. The van der Waals surface area contributed by atoms with Crippen LogP contribution in [0.2, 0.25) is 0 Å². The van der Waals surface area contributed by atoms with E-state index in [2.05, 4.69) is 4.98 Å². The van der Waals surface area contributed by atoms with Crippen molar-refractivity contribution in [1.82, 2.24) is 4.98 Å². The summed E-state index contributed by atoms with van der Waals surface area (Å²) < 4.78 is 51.8. The number of hydrogen-bond acceptors (Lipinski definition) is 9. The van der Waals surface area contributed by atoms with Gasteiger partial charge in [0.2, 0.25) is 11.8 Å². The lowest BCUT2D eigenvalue weighted by Gasteiger charge is -2.37. The second kappa shape index (κ2) is 12.9. The molecule has 1 aromatic heterocycles. The van der Waals surface area contributed by atoms with Crippen LogP contribution in [-0.2, 0) is 10.1 Å². The van der Waals surface area contributed by atoms with Crippen LogP contribution >= 0.6 is 0 Å². The molecule has 0 radical (unpaired) electrons. The van der Waals surface area contributed by atoms with Crippen molar-refractivity contribution in [3.05, 3.63) is 70.8 Å². The molecule has 2 aliphatic rings. The Morgan fingerprint density at radius 2 is 1.66 bits per heavy atom. The quantitative estimate of drug-likeness (QED) is 0.382. The van der Waals surface area contributed by atoms with Crippen LogP contribution in [0.3, 0.4) is 0 Å². The van der Waals surface area contributed by atoms with E-state index in [1.807, 2.05) is 38.1 Å². The third-order valence-corrected chi connectivity index (χ3v) is 8.05. The van der Waals surface area contributed by atoms with Gasteiger partial charge < -0.3 is 24.1 Å². The highest BCUT2D eigenvalue weighted by Crippen LogP contribution is 2.45. The first-order valence-electron chi connectivity index (χ1n) is 13.3. The van der Waals surface area contributed by atoms with Crippen molar-refractivity contribution >= 4 is 15.8 Å². The number of methoxy groups -OCH3 is 3. The van der Waals surface area contributed by atoms with Gasteiger partial charge in [-0.05, 0) is 69.0 Å². The first kappa shape index (κ1) is 30.3. The normalized spacial score (nSPS) is 19.5. The van der Waals surface area contributed by atoms with Crippen LogP contribution in [-0.4, -0.2) is 68.9 Å². The molecule has 1 aliphatic heterocycles. The maximum atomic E-state index is 10.5. The largest absolute Gasteiger partial charge is 0.493 e. The minimum absolute atomic E-state index is 0.0666. The van der Waals surface area contributed by atoms with Crippen molar-refractivity contribution in [2.45, 2.75) is 56.1 Å². The monoisotopic (exact) mass is 584 g/mol. The maximum absolute atomic E-state index is 10.5. The Labute approximate surface area is 240 Å². The SMILES string of the molecule is CCOc1cc2c(cc1OC)C(c1ccc(OC)nc1OC)=N[C@@H]1CC[C@@H](O)C[C@H]21.Cc1ccc(S(=O)(=O)O)cc1. The fourth-order valence-electron chi connectivity index (χ4n) is 5.17. The maximum Gasteiger partial charge on any atom is 0.294 e. The van der Waals surface area contributed by atoms with E-state index in [0.717, 1.165) is 40.8 Å². The van der Waals surface area contributed by atoms with Gasteiger partial charge in [-0.1, -0.05) is 17.7 Å². The number of aliphatic hydroxyl groups excluding tert-OH is 1. The smallest absolute Gasteiger partial charge is 0.294 e. The van der Waals surface area contributed by atoms with Crippen LogP contribution in [0.15, 0.2) is 58.4 Å². The number of aryl methyl sites for hydroxylation is 1. The molecular weight excluding hydrogens is 548 g/mol. The highest BCUT2D eigenvalue weighted by molar-refractivity contribution is 7.85. The Bertz CT molecular complexity index is 1510. The van der Waals surface area contributed by atoms with E-state index >= 15 is 0 Å². The molecule has 1 fully saturated rings. The van der Waals surface area contributed by atoms with Gasteiger partial charge in [0, 0.05) is 17.5 Å². The van der Waals surface area contributed by atoms with Crippen molar-refractivity contribution < 1.29 is 37.0 Å². The topological polar surface area (TPSA) is 137 Å². The predicted molar refractivity (Wildman–Crippen MR) is 155 cm³/mol. The second-order valence-electron chi connectivity index (χ2n) is 9.84. The third kappa shape index (κ3) is 6.80. The zero-order valence-electron chi connectivity index (χ0n) is 23.8. The molecule has 2 N–H and O–H groups in total. The van der Waals surface area contributed by atoms with Gasteiger partial charge in [0.25, 0.3) is 10.1 Å². The Balaban J connectivity index is 0.000000296. The Morgan fingerprint density at radius 1 is 0.927 bits per heavy atom. The number of fused-ring (bicyclic) bond motifs is 3. The first-order chi connectivity index (χ1) is 19.6. The number of pyridine rings is 1. The van der Waals surface area contributed by atoms with Crippen LogP contribution in [0.25, 0.3) is 0 Å². The molecule has 10 nitrogen and oxygen atoms in total. The molecule has 5 rings (SSSR count). The molecule has 0 saturated heterocycles. The number of hydrogen-bond donors (Lipinski definition) is 2. The molecule has 0 spiro atoms. The number of nitrogens with zero attached hydrogens (tertiary/aromatic N) is 2. The van der Waals surface area contributed by atoms with Crippen LogP contribution in [0, 0.1) is 6.92 Å². The van der Waals surface area contributed by atoms with Gasteiger partial charge in [-0.15, -0.1) is 0 Å². The molecule has 2 heterocycles. The molecule has 1 aliphatic carbocycles. The van der Waals surface area contributed by atoms with Crippen molar-refractivity contribution in [2.24, 2.45) is 4.99 Å². The minimum atomic E-state index is -4.02. The standard InChI is InChI=1S/C23H28N2O5.C7H8O3S/c1-5-30-20-11-15-16-10-13(26)6-8-18(16)24-22(17(15)12-19(20)27-2)14-7-9-21(28-3)25-23(14)29-4;1-6-2-4-7(5-3-6)11(8,9)10/h7,9,11-13,16,18,26H,5-6,8,10H2,1-4H3;2-5H,1H3,(H,8,9,10)/t13-,16-,18-;/m1./s1. The van der Waals surface area contributed by atoms with E-state index in [-0.39, 0.29) is 23.0 Å². The van der Waals surface area contributed by atoms with Gasteiger partial charge in [-0.2, -0.15) is 13.4 Å². The summed E-state index contributed by atoms with van der Waals surface area (Å²) in [7, 11) is 0.780. The number of aliphatic imine (C=N–C) groups is 1. The molecule has 2 aromatic carbocycles. The van der Waals surface area contributed by atoms with Gasteiger partial charge in [-0.25, -0.2) is 0 Å². The van der Waals surface area contributed by atoms with E-state index in [4.69, 9.17) is 28.5 Å². The number of aromatic nitrogens is 1. The van der Waals surface area contributed by atoms with Gasteiger partial charge in [0.15, 0.2) is 11.5 Å². The first-order valence-corrected chi connectivity index (χ1v) is 14.8. The number of aliphatic hydroxyl groups is 1. The summed E-state index contributed by atoms with van der Waals surface area (Å²) in [5.41, 5.74) is 4.64. The summed E-state index contributed by atoms with van der Waals surface area (Å²) in [6, 6.07) is 13.8. The molecule has 41 heavy (non-hydrogen) atoms. The molecule has 220 valence electrons. The van der Waals surface area contributed by atoms with Gasteiger partial charge in [-0.3, -0.25) is 9.55 Å². The van der Waals surface area contributed by atoms with E-state index in [9.17, 15) is 13.5 Å². The van der Waals surface area contributed by atoms with Crippen molar-refractivity contribution in [3.8, 4) is 23.3 Å². The number of ether oxygens (including phenoxy) is 4. The summed E-state index contributed by atoms with van der Waals surface area (Å²) in [6.45, 7) is 4.34. The van der Waals surface area contributed by atoms with E-state index in [1.54, 1.807) is 33.5 Å². The molecule has 11 heteroatoms. The molecule has 3 atom stereocenters. The van der Waals surface area contributed by atoms with Crippen molar-refractivity contribution in [2.75, 3.05) is 27.9 Å². The highest BCUT2D eigenvalue weighted by Gasteiger charge is 2.38. The van der Waals surface area contributed by atoms with Gasteiger partial charge >= 0.3 is 0 Å². The number of benzene rings is 2. The van der Waals surface area contributed by atoms with E-state index < -0.39 is 10.1 Å². The van der Waals surface area contributed by atoms with E-state index in [0.29, 0.717) is 36.3 Å². The lowest BCUT2D eigenvalue weighted by molar-refractivity contribution is 0.111. The second-order valence-corrected chi connectivity index (χ2v) is 11.3. The molecule has 0 unspecified atom stereocenters. The third-order valence-electron chi connectivity index (χ3n) is 7.18. The van der Waals surface area contributed by atoms with Crippen LogP contribution in [0.5, 0.6) is 23.3 Å². The minimum Gasteiger partial charge on any atom is -0.493 e. The van der Waals surface area contributed by atoms with Gasteiger partial charge in [0.1, 0.15) is 0 Å². The fourth-order valence-corrected chi connectivity index (χ4v) is 5.65. The average Bonchev–Trinajstić information content (AvgIpc) is 2.96. The van der Waals surface area contributed by atoms with Crippen molar-refractivity contribution in [3.63, 3.8) is 0 Å². The lowest BCUT2D eigenvalue weighted by Crippen LogP contribution is -2.34. The average molecular weight is 585 g/mol. The summed E-state index contributed by atoms with van der Waals surface area (Å²) in [4.78, 5) is 9.49. The Kier molecular flexibility index (Phi) is 9.52. The lowest BCUT2D eigenvalue weighted by atomic mass is 9.74. The Morgan fingerprint density at radius 3 is 2.27 bits per heavy atom. The molecule has 3 aromatic rings. The molecule has 0 bridgehead atoms. The molecular formula is C30H36N2O8S. The van der Waals surface area contributed by atoms with Crippen molar-refractivity contribution in [1.29, 1.82) is 0 Å². The zero-order chi connectivity index (χ0) is 29.7. The summed E-state index contributed by atoms with van der Waals surface area (Å²) in [5, 5.41) is 10.3.